The van der Waals surface area contributed by atoms with E-state index in [2.05, 4.69) is 16.0 Å². The van der Waals surface area contributed by atoms with Gasteiger partial charge in [0.1, 0.15) is 6.54 Å². The summed E-state index contributed by atoms with van der Waals surface area (Å²) >= 11 is 0. The van der Waals surface area contributed by atoms with Crippen molar-refractivity contribution >= 4 is 36.6 Å². The second-order valence-electron chi connectivity index (χ2n) is 9.09. The number of nitrogens with one attached hydrogen (secondary N) is 4. The Kier molecular flexibility index (Phi) is 12.6. The third kappa shape index (κ3) is 9.53. The summed E-state index contributed by atoms with van der Waals surface area (Å²) in [6.07, 6.45) is 5.29. The van der Waals surface area contributed by atoms with Crippen LogP contribution in [-0.2, 0) is 28.7 Å². The van der Waals surface area contributed by atoms with Crippen molar-refractivity contribution in [3.8, 4) is 0 Å². The van der Waals surface area contributed by atoms with Gasteiger partial charge in [0.2, 0.25) is 0 Å². The van der Waals surface area contributed by atoms with Crippen LogP contribution in [0.15, 0.2) is 30.3 Å². The topological polar surface area (TPSA) is 171 Å². The fourth-order valence-corrected chi connectivity index (χ4v) is 4.51. The molecule has 37 heavy (non-hydrogen) atoms. The number of hydrogen-bond acceptors (Lipinski definition) is 7. The quantitative estimate of drug-likeness (QED) is 0.166. The molecule has 1 unspecified atom stereocenters. The van der Waals surface area contributed by atoms with E-state index in [1.165, 1.54) is 0 Å². The van der Waals surface area contributed by atoms with Gasteiger partial charge in [-0.1, -0.05) is 0 Å². The van der Waals surface area contributed by atoms with E-state index in [4.69, 9.17) is 5.11 Å². The molecule has 3 amide bonds. The summed E-state index contributed by atoms with van der Waals surface area (Å²) in [6.45, 7) is 1.04. The van der Waals surface area contributed by atoms with Crippen LogP contribution in [0.5, 0.6) is 0 Å². The zero-order valence-corrected chi connectivity index (χ0v) is 21.0. The fourth-order valence-electron chi connectivity index (χ4n) is 4.51. The number of carboxylic acid groups (broad SMARTS) is 1. The van der Waals surface area contributed by atoms with Crippen molar-refractivity contribution in [2.45, 2.75) is 70.0 Å². The van der Waals surface area contributed by atoms with E-state index in [0.29, 0.717) is 19.1 Å². The third-order valence-electron chi connectivity index (χ3n) is 6.34. The monoisotopic (exact) mass is 514 g/mol. The van der Waals surface area contributed by atoms with Gasteiger partial charge in [0.05, 0.1) is 0 Å². The van der Waals surface area contributed by atoms with Gasteiger partial charge in [-0.2, -0.15) is 0 Å². The van der Waals surface area contributed by atoms with Crippen LogP contribution in [0.25, 0.3) is 0 Å². The molecule has 0 aliphatic heterocycles. The Morgan fingerprint density at radius 1 is 1.00 bits per heavy atom. The SMILES string of the molecule is CCCC(NC(=O)[C@@H](NC(=O)[C@@H](NCB=O)C1CCCCC1)c1ccccc1)C(=O)C(=O)NCC(=O)O. The first-order valence-corrected chi connectivity index (χ1v) is 12.6. The molecule has 1 saturated carbocycles. The van der Waals surface area contributed by atoms with E-state index >= 15 is 0 Å². The Bertz CT molecular complexity index is 954. The Morgan fingerprint density at radius 3 is 2.27 bits per heavy atom. The van der Waals surface area contributed by atoms with Gasteiger partial charge in [0.15, 0.2) is 0 Å². The van der Waals surface area contributed by atoms with Crippen LogP contribution in [0, 0.1) is 5.92 Å². The minimum absolute atomic E-state index is 0.00465. The first kappa shape index (κ1) is 29.8. The summed E-state index contributed by atoms with van der Waals surface area (Å²) in [5.41, 5.74) is 0.476. The van der Waals surface area contributed by atoms with E-state index in [0.717, 1.165) is 32.1 Å². The second kappa shape index (κ2) is 15.7. The standard InChI is InChI=1S/C25H35BN4O7/c1-2-9-18(22(33)25(36)27-14-19(31)32)29-24(35)21(17-12-7-4-8-13-17)30-23(34)20(28-15-26-37)16-10-5-3-6-11-16/h4,7-8,12-13,16,18,20-21,28H,2-3,5-6,9-11,14-15H2,1H3,(H,27,36)(H,29,35)(H,30,34)(H,31,32)/t18?,20-,21-/m0/s1. The number of benzene rings is 1. The van der Waals surface area contributed by atoms with Gasteiger partial charge in [-0.3, -0.25) is 4.79 Å². The number of carbonyl (C=O) groups is 5. The number of ketones is 1. The number of amides is 3. The Labute approximate surface area is 216 Å². The molecule has 1 aromatic carbocycles. The molecule has 200 valence electrons. The normalized spacial score (nSPS) is 15.9. The number of hydrogen-bond donors (Lipinski definition) is 5. The summed E-state index contributed by atoms with van der Waals surface area (Å²) in [5, 5.41) is 19.1. The molecule has 5 N–H and O–H groups in total. The van der Waals surface area contributed by atoms with E-state index in [-0.39, 0.29) is 18.8 Å². The van der Waals surface area contributed by atoms with Crippen molar-refractivity contribution in [1.82, 2.24) is 21.3 Å². The van der Waals surface area contributed by atoms with Crippen molar-refractivity contribution in [1.29, 1.82) is 0 Å². The van der Waals surface area contributed by atoms with Crippen molar-refractivity contribution < 1.29 is 33.8 Å². The fraction of sp³-hybridized carbons (Fsp3) is 0.560. The molecule has 2 rings (SSSR count). The van der Waals surface area contributed by atoms with Gasteiger partial charge in [0, 0.05) is 0 Å². The summed E-state index contributed by atoms with van der Waals surface area (Å²) in [7, 11) is 0.681. The first-order valence-electron chi connectivity index (χ1n) is 12.6. The molecule has 11 nitrogen and oxygen atoms in total. The van der Waals surface area contributed by atoms with Gasteiger partial charge < -0.3 is 5.11 Å². The zero-order valence-electron chi connectivity index (χ0n) is 21.0. The van der Waals surface area contributed by atoms with E-state index in [1.807, 2.05) is 5.32 Å². The molecule has 1 fully saturated rings. The molecule has 1 aromatic rings. The van der Waals surface area contributed by atoms with Gasteiger partial charge in [0.25, 0.3) is 0 Å². The van der Waals surface area contributed by atoms with Crippen molar-refractivity contribution in [3.05, 3.63) is 35.9 Å². The molecule has 0 spiro atoms. The van der Waals surface area contributed by atoms with Crippen LogP contribution < -0.4 is 21.3 Å². The van der Waals surface area contributed by atoms with Crippen LogP contribution in [0.4, 0.5) is 0 Å². The minimum atomic E-state index is -1.31. The third-order valence-corrected chi connectivity index (χ3v) is 6.34. The van der Waals surface area contributed by atoms with Gasteiger partial charge in [-0.15, -0.1) is 0 Å². The Hall–Kier alpha value is -3.41. The second-order valence-corrected chi connectivity index (χ2v) is 9.09. The van der Waals surface area contributed by atoms with Crippen LogP contribution in [0.2, 0.25) is 0 Å². The van der Waals surface area contributed by atoms with Crippen LogP contribution in [0.1, 0.15) is 63.5 Å². The first-order chi connectivity index (χ1) is 17.8. The van der Waals surface area contributed by atoms with E-state index in [9.17, 15) is 28.7 Å². The van der Waals surface area contributed by atoms with E-state index in [1.54, 1.807) is 37.3 Å². The van der Waals surface area contributed by atoms with Crippen molar-refractivity contribution in [2.75, 3.05) is 13.0 Å². The number of rotatable bonds is 15. The van der Waals surface area contributed by atoms with Crippen molar-refractivity contribution in [2.24, 2.45) is 5.92 Å². The molecule has 0 saturated heterocycles. The molecule has 1 aliphatic carbocycles. The number of aliphatic carboxylic acids is 1. The minimum Gasteiger partial charge on any atom is -0.480 e. The summed E-state index contributed by atoms with van der Waals surface area (Å²) < 4.78 is 11.0. The summed E-state index contributed by atoms with van der Waals surface area (Å²) in [6, 6.07) is 5.47. The Morgan fingerprint density at radius 2 is 1.68 bits per heavy atom. The van der Waals surface area contributed by atoms with Gasteiger partial charge >= 0.3 is 200 Å². The Balaban J connectivity index is 2.24. The molecule has 3 atom stereocenters. The van der Waals surface area contributed by atoms with Crippen LogP contribution >= 0.6 is 0 Å². The maximum atomic E-state index is 13.4. The summed E-state index contributed by atoms with van der Waals surface area (Å²) in [5.74, 6) is -4.50. The number of carboxylic acids is 1. The summed E-state index contributed by atoms with van der Waals surface area (Å²) in [4.78, 5) is 62.3. The zero-order chi connectivity index (χ0) is 27.2. The van der Waals surface area contributed by atoms with Gasteiger partial charge in [-0.05, 0) is 0 Å². The molecule has 0 bridgehead atoms. The van der Waals surface area contributed by atoms with Crippen LogP contribution in [0.3, 0.4) is 0 Å². The van der Waals surface area contributed by atoms with Crippen LogP contribution in [-0.4, -0.2) is 66.8 Å². The van der Waals surface area contributed by atoms with E-state index < -0.39 is 54.1 Å². The van der Waals surface area contributed by atoms with Gasteiger partial charge in [-0.25, -0.2) is 0 Å². The average Bonchev–Trinajstić information content (AvgIpc) is 2.90. The smallest absolute Gasteiger partial charge is 0.480 e. The predicted molar refractivity (Wildman–Crippen MR) is 135 cm³/mol. The average molecular weight is 514 g/mol. The molecule has 0 heterocycles. The van der Waals surface area contributed by atoms with Crippen molar-refractivity contribution in [3.63, 3.8) is 0 Å². The predicted octanol–water partition coefficient (Wildman–Crippen LogP) is 0.444. The molecule has 0 radical (unpaired) electrons. The molecule has 12 heteroatoms. The maximum absolute atomic E-state index is 13.4. The molecule has 0 aromatic heterocycles. The molecular formula is C25H35BN4O7. The number of Topliss-reactive ketones (excluding diaryl/α,β-unsaturated/α-hetero) is 1. The molecule has 1 aliphatic rings. The number of carbonyl (C=O) groups excluding carboxylic acids is 4. The molecular weight excluding hydrogens is 479 g/mol.